The van der Waals surface area contributed by atoms with E-state index in [1.807, 2.05) is 0 Å². The zero-order valence-corrected chi connectivity index (χ0v) is 8.55. The molecule has 2 rings (SSSR count). The molecule has 0 amide bonds. The van der Waals surface area contributed by atoms with Gasteiger partial charge in [0.25, 0.3) is 0 Å². The van der Waals surface area contributed by atoms with Crippen molar-refractivity contribution in [1.29, 1.82) is 0 Å². The van der Waals surface area contributed by atoms with Crippen LogP contribution in [0.4, 0.5) is 0 Å². The second-order valence-corrected chi connectivity index (χ2v) is 4.56. The highest BCUT2D eigenvalue weighted by Gasteiger charge is 2.25. The lowest BCUT2D eigenvalue weighted by Crippen LogP contribution is -2.43. The summed E-state index contributed by atoms with van der Waals surface area (Å²) < 4.78 is 0. The molecule has 2 heteroatoms. The third-order valence-electron chi connectivity index (χ3n) is 3.12. The van der Waals surface area contributed by atoms with E-state index >= 15 is 0 Å². The summed E-state index contributed by atoms with van der Waals surface area (Å²) in [6.45, 7) is 3.37. The standard InChI is InChI=1S/C11H20N2/c1-9-7-10(8-9)13-11-5-3-2-4-6-12-11/h9-10H,2-8H2,1H3,(H,12,13). The first-order chi connectivity index (χ1) is 6.34. The van der Waals surface area contributed by atoms with Gasteiger partial charge in [-0.25, -0.2) is 0 Å². The smallest absolute Gasteiger partial charge is 0.0965 e. The Morgan fingerprint density at radius 3 is 2.85 bits per heavy atom. The summed E-state index contributed by atoms with van der Waals surface area (Å²) in [5.74, 6) is 2.22. The lowest BCUT2D eigenvalue weighted by Gasteiger charge is -2.34. The summed E-state index contributed by atoms with van der Waals surface area (Å²) in [5.41, 5.74) is 0. The van der Waals surface area contributed by atoms with Crippen molar-refractivity contribution in [3.63, 3.8) is 0 Å². The van der Waals surface area contributed by atoms with Gasteiger partial charge in [0.15, 0.2) is 0 Å². The van der Waals surface area contributed by atoms with Gasteiger partial charge in [-0.3, -0.25) is 4.99 Å². The van der Waals surface area contributed by atoms with Gasteiger partial charge in [-0.05, 0) is 31.6 Å². The van der Waals surface area contributed by atoms with E-state index in [2.05, 4.69) is 17.2 Å². The number of aliphatic imine (C=N–C) groups is 1. The van der Waals surface area contributed by atoms with E-state index in [0.29, 0.717) is 0 Å². The fourth-order valence-corrected chi connectivity index (χ4v) is 2.25. The first kappa shape index (κ1) is 9.04. The predicted molar refractivity (Wildman–Crippen MR) is 56.1 cm³/mol. The van der Waals surface area contributed by atoms with Crippen molar-refractivity contribution in [2.75, 3.05) is 6.54 Å². The molecule has 1 fully saturated rings. The molecule has 0 bridgehead atoms. The Bertz CT molecular complexity index is 192. The van der Waals surface area contributed by atoms with E-state index in [9.17, 15) is 0 Å². The Hall–Kier alpha value is -0.530. The molecule has 0 aromatic heterocycles. The van der Waals surface area contributed by atoms with Crippen LogP contribution in [0.5, 0.6) is 0 Å². The summed E-state index contributed by atoms with van der Waals surface area (Å²) in [6.07, 6.45) is 7.85. The monoisotopic (exact) mass is 180 g/mol. The molecule has 1 heterocycles. The summed E-state index contributed by atoms with van der Waals surface area (Å²) in [7, 11) is 0. The number of rotatable bonds is 1. The number of amidine groups is 1. The van der Waals surface area contributed by atoms with Crippen LogP contribution in [0.25, 0.3) is 0 Å². The molecule has 0 unspecified atom stereocenters. The minimum Gasteiger partial charge on any atom is -0.371 e. The number of hydrogen-bond donors (Lipinski definition) is 1. The van der Waals surface area contributed by atoms with Crippen LogP contribution in [0.2, 0.25) is 0 Å². The average Bonchev–Trinajstić information content (AvgIpc) is 2.30. The maximum absolute atomic E-state index is 4.58. The maximum atomic E-state index is 4.58. The van der Waals surface area contributed by atoms with Crippen molar-refractivity contribution < 1.29 is 0 Å². The second kappa shape index (κ2) is 4.12. The van der Waals surface area contributed by atoms with Crippen molar-refractivity contribution in [3.05, 3.63) is 0 Å². The fourth-order valence-electron chi connectivity index (χ4n) is 2.25. The Morgan fingerprint density at radius 1 is 1.23 bits per heavy atom. The molecule has 0 radical (unpaired) electrons. The lowest BCUT2D eigenvalue weighted by molar-refractivity contribution is 0.267. The maximum Gasteiger partial charge on any atom is 0.0965 e. The van der Waals surface area contributed by atoms with E-state index in [1.165, 1.54) is 44.4 Å². The van der Waals surface area contributed by atoms with Crippen LogP contribution in [0.1, 0.15) is 45.4 Å². The SMILES string of the molecule is CC1CC(NC2=NCCCCC2)C1. The highest BCUT2D eigenvalue weighted by molar-refractivity contribution is 5.82. The molecule has 74 valence electrons. The van der Waals surface area contributed by atoms with Gasteiger partial charge >= 0.3 is 0 Å². The lowest BCUT2D eigenvalue weighted by atomic mass is 9.82. The molecule has 1 N–H and O–H groups in total. The third kappa shape index (κ3) is 2.45. The van der Waals surface area contributed by atoms with Crippen molar-refractivity contribution in [3.8, 4) is 0 Å². The molecule has 0 aromatic carbocycles. The van der Waals surface area contributed by atoms with Crippen molar-refractivity contribution in [2.24, 2.45) is 10.9 Å². The first-order valence-electron chi connectivity index (χ1n) is 5.64. The Kier molecular flexibility index (Phi) is 2.87. The molecule has 13 heavy (non-hydrogen) atoms. The minimum absolute atomic E-state index is 0.742. The third-order valence-corrected chi connectivity index (χ3v) is 3.12. The molecule has 0 aromatic rings. The molecule has 2 nitrogen and oxygen atoms in total. The van der Waals surface area contributed by atoms with Crippen LogP contribution in [0.3, 0.4) is 0 Å². The molecule has 1 aliphatic heterocycles. The summed E-state index contributed by atoms with van der Waals surface area (Å²) in [4.78, 5) is 4.58. The van der Waals surface area contributed by atoms with E-state index in [1.54, 1.807) is 0 Å². The molecule has 1 saturated carbocycles. The van der Waals surface area contributed by atoms with Crippen molar-refractivity contribution >= 4 is 5.84 Å². The first-order valence-corrected chi connectivity index (χ1v) is 5.64. The molecule has 0 saturated heterocycles. The van der Waals surface area contributed by atoms with Gasteiger partial charge in [-0.1, -0.05) is 13.3 Å². The number of hydrogen-bond acceptors (Lipinski definition) is 2. The molecule has 2 aliphatic rings. The number of nitrogens with zero attached hydrogens (tertiary/aromatic N) is 1. The summed E-state index contributed by atoms with van der Waals surface area (Å²) >= 11 is 0. The van der Waals surface area contributed by atoms with Gasteiger partial charge in [0.1, 0.15) is 0 Å². The second-order valence-electron chi connectivity index (χ2n) is 4.56. The van der Waals surface area contributed by atoms with Gasteiger partial charge < -0.3 is 5.32 Å². The average molecular weight is 180 g/mol. The highest BCUT2D eigenvalue weighted by atomic mass is 15.0. The molecular formula is C11H20N2. The Morgan fingerprint density at radius 2 is 2.08 bits per heavy atom. The van der Waals surface area contributed by atoms with Crippen LogP contribution in [-0.2, 0) is 0 Å². The molecule has 1 aliphatic carbocycles. The van der Waals surface area contributed by atoms with Gasteiger partial charge in [0, 0.05) is 19.0 Å². The fraction of sp³-hybridized carbons (Fsp3) is 0.909. The number of nitrogens with one attached hydrogen (secondary N) is 1. The van der Waals surface area contributed by atoms with E-state index in [4.69, 9.17) is 0 Å². The van der Waals surface area contributed by atoms with Gasteiger partial charge in [-0.15, -0.1) is 0 Å². The van der Waals surface area contributed by atoms with E-state index in [-0.39, 0.29) is 0 Å². The Balaban J connectivity index is 1.76. The topological polar surface area (TPSA) is 24.4 Å². The van der Waals surface area contributed by atoms with Gasteiger partial charge in [-0.2, -0.15) is 0 Å². The predicted octanol–water partition coefficient (Wildman–Crippen LogP) is 2.35. The minimum atomic E-state index is 0.742. The van der Waals surface area contributed by atoms with Crippen LogP contribution < -0.4 is 5.32 Å². The molecule has 0 spiro atoms. The normalized spacial score (nSPS) is 34.4. The quantitative estimate of drug-likeness (QED) is 0.658. The largest absolute Gasteiger partial charge is 0.371 e. The van der Waals surface area contributed by atoms with Crippen molar-refractivity contribution in [1.82, 2.24) is 5.32 Å². The molecule has 0 atom stereocenters. The van der Waals surface area contributed by atoms with Gasteiger partial charge in [0.2, 0.25) is 0 Å². The van der Waals surface area contributed by atoms with E-state index in [0.717, 1.165) is 18.5 Å². The molecular weight excluding hydrogens is 160 g/mol. The van der Waals surface area contributed by atoms with Crippen LogP contribution in [0.15, 0.2) is 4.99 Å². The van der Waals surface area contributed by atoms with Crippen LogP contribution in [-0.4, -0.2) is 18.4 Å². The summed E-state index contributed by atoms with van der Waals surface area (Å²) in [5, 5.41) is 3.58. The zero-order valence-electron chi connectivity index (χ0n) is 8.55. The summed E-state index contributed by atoms with van der Waals surface area (Å²) in [6, 6.07) is 0.742. The van der Waals surface area contributed by atoms with Crippen LogP contribution >= 0.6 is 0 Å². The zero-order chi connectivity index (χ0) is 9.10. The highest BCUT2D eigenvalue weighted by Crippen LogP contribution is 2.26. The van der Waals surface area contributed by atoms with Gasteiger partial charge in [0.05, 0.1) is 5.84 Å². The van der Waals surface area contributed by atoms with Crippen molar-refractivity contribution in [2.45, 2.75) is 51.5 Å². The van der Waals surface area contributed by atoms with E-state index < -0.39 is 0 Å². The van der Waals surface area contributed by atoms with Crippen LogP contribution in [0, 0.1) is 5.92 Å². The Labute approximate surface area is 80.8 Å².